The molecule has 0 saturated carbocycles. The number of benzene rings is 2. The van der Waals surface area contributed by atoms with E-state index in [1.54, 1.807) is 0 Å². The topological polar surface area (TPSA) is 116 Å². The first kappa shape index (κ1) is 19.3. The number of rotatable bonds is 7. The molecule has 0 bridgehead atoms. The smallest absolute Gasteiger partial charge is 0.301 e. The van der Waals surface area contributed by atoms with Gasteiger partial charge in [0.2, 0.25) is 0 Å². The van der Waals surface area contributed by atoms with Crippen LogP contribution in [0, 0.1) is 20.2 Å². The molecule has 144 valence electrons. The van der Waals surface area contributed by atoms with E-state index in [9.17, 15) is 20.2 Å². The highest BCUT2D eigenvalue weighted by atomic mass is 35.5. The van der Waals surface area contributed by atoms with Crippen LogP contribution >= 0.6 is 11.6 Å². The van der Waals surface area contributed by atoms with Crippen LogP contribution < -0.4 is 5.43 Å². The van der Waals surface area contributed by atoms with E-state index in [4.69, 9.17) is 11.6 Å². The zero-order valence-electron chi connectivity index (χ0n) is 14.8. The largest absolute Gasteiger partial charge is 0.331 e. The predicted molar refractivity (Wildman–Crippen MR) is 108 cm³/mol. The number of hydrogen-bond acceptors (Lipinski definition) is 6. The Morgan fingerprint density at radius 2 is 1.93 bits per heavy atom. The Labute approximate surface area is 164 Å². The van der Waals surface area contributed by atoms with Crippen LogP contribution in [-0.4, -0.2) is 20.6 Å². The second-order valence-corrected chi connectivity index (χ2v) is 6.32. The Morgan fingerprint density at radius 3 is 2.61 bits per heavy atom. The highest BCUT2D eigenvalue weighted by Crippen LogP contribution is 2.31. The quantitative estimate of drug-likeness (QED) is 0.341. The fourth-order valence-corrected chi connectivity index (χ4v) is 3.24. The normalized spacial score (nSPS) is 11.2. The van der Waals surface area contributed by atoms with E-state index in [0.29, 0.717) is 10.7 Å². The van der Waals surface area contributed by atoms with Crippen LogP contribution in [0.4, 0.5) is 17.1 Å². The van der Waals surface area contributed by atoms with Crippen LogP contribution in [0.3, 0.4) is 0 Å². The Bertz CT molecular complexity index is 1090. The van der Waals surface area contributed by atoms with Gasteiger partial charge in [0.05, 0.1) is 22.1 Å². The first-order chi connectivity index (χ1) is 13.4. The molecule has 0 fully saturated rings. The van der Waals surface area contributed by atoms with Gasteiger partial charge in [-0.3, -0.25) is 25.7 Å². The number of aromatic nitrogens is 1. The number of hydrazone groups is 1. The number of nitrogens with zero attached hydrogens (tertiary/aromatic N) is 4. The van der Waals surface area contributed by atoms with Crippen molar-refractivity contribution < 1.29 is 9.85 Å². The minimum Gasteiger partial charge on any atom is -0.331 e. The molecule has 3 aromatic rings. The lowest BCUT2D eigenvalue weighted by molar-refractivity contribution is -0.393. The molecule has 0 spiro atoms. The third kappa shape index (κ3) is 3.65. The number of aryl methyl sites for hydroxylation is 1. The van der Waals surface area contributed by atoms with Crippen LogP contribution in [0.1, 0.15) is 18.9 Å². The highest BCUT2D eigenvalue weighted by Gasteiger charge is 2.19. The van der Waals surface area contributed by atoms with Gasteiger partial charge >= 0.3 is 5.69 Å². The molecular formula is C18H16ClN5O4. The van der Waals surface area contributed by atoms with Crippen molar-refractivity contribution in [1.82, 2.24) is 4.57 Å². The fraction of sp³-hybridized carbons (Fsp3) is 0.167. The van der Waals surface area contributed by atoms with Gasteiger partial charge in [-0.15, -0.1) is 0 Å². The van der Waals surface area contributed by atoms with Crippen LogP contribution in [0.5, 0.6) is 0 Å². The molecule has 1 heterocycles. The van der Waals surface area contributed by atoms with E-state index in [-0.39, 0.29) is 11.4 Å². The molecule has 0 atom stereocenters. The summed E-state index contributed by atoms with van der Waals surface area (Å²) in [6.07, 6.45) is 2.39. The summed E-state index contributed by atoms with van der Waals surface area (Å²) < 4.78 is 1.98. The van der Waals surface area contributed by atoms with Crippen molar-refractivity contribution in [3.05, 3.63) is 73.4 Å². The third-order valence-electron chi connectivity index (χ3n) is 4.16. The van der Waals surface area contributed by atoms with Crippen LogP contribution in [0.25, 0.3) is 10.9 Å². The van der Waals surface area contributed by atoms with Crippen molar-refractivity contribution in [2.24, 2.45) is 5.10 Å². The maximum Gasteiger partial charge on any atom is 0.301 e. The Hall–Kier alpha value is -3.46. The van der Waals surface area contributed by atoms with E-state index < -0.39 is 15.5 Å². The van der Waals surface area contributed by atoms with Gasteiger partial charge in [0.1, 0.15) is 10.8 Å². The number of nitrogens with one attached hydrogen (secondary N) is 1. The standard InChI is InChI=1S/C18H16ClN5O4/c1-2-9-22-16-6-4-3-5-13(16)14(18(22)19)11-20-21-15-8-7-12(23(25)26)10-17(15)24(27)28/h3-8,10-11,21H,2,9H2,1H3/b20-11-. The molecule has 3 rings (SSSR count). The second kappa shape index (κ2) is 8.05. The number of nitro benzene ring substituents is 2. The van der Waals surface area contributed by atoms with Gasteiger partial charge in [-0.05, 0) is 18.6 Å². The summed E-state index contributed by atoms with van der Waals surface area (Å²) >= 11 is 6.51. The van der Waals surface area contributed by atoms with Gasteiger partial charge < -0.3 is 4.57 Å². The Kier molecular flexibility index (Phi) is 5.55. The molecule has 1 N–H and O–H groups in total. The number of fused-ring (bicyclic) bond motifs is 1. The van der Waals surface area contributed by atoms with E-state index in [2.05, 4.69) is 10.5 Å². The average molecular weight is 402 g/mol. The molecule has 1 aromatic heterocycles. The van der Waals surface area contributed by atoms with Crippen molar-refractivity contribution in [3.63, 3.8) is 0 Å². The summed E-state index contributed by atoms with van der Waals surface area (Å²) in [6, 6.07) is 11.0. The molecule has 0 amide bonds. The van der Waals surface area contributed by atoms with Crippen molar-refractivity contribution in [3.8, 4) is 0 Å². The van der Waals surface area contributed by atoms with Gasteiger partial charge in [-0.2, -0.15) is 5.10 Å². The van der Waals surface area contributed by atoms with Gasteiger partial charge in [0, 0.05) is 29.1 Å². The van der Waals surface area contributed by atoms with E-state index in [1.807, 2.05) is 35.8 Å². The second-order valence-electron chi connectivity index (χ2n) is 5.96. The van der Waals surface area contributed by atoms with Crippen molar-refractivity contribution in [1.29, 1.82) is 0 Å². The lowest BCUT2D eigenvalue weighted by atomic mass is 10.2. The predicted octanol–water partition coefficient (Wildman–Crippen LogP) is 4.97. The summed E-state index contributed by atoms with van der Waals surface area (Å²) in [5.41, 5.74) is 3.47. The lowest BCUT2D eigenvalue weighted by Gasteiger charge is -2.04. The van der Waals surface area contributed by atoms with Crippen LogP contribution in [-0.2, 0) is 6.54 Å². The molecule has 2 aromatic carbocycles. The van der Waals surface area contributed by atoms with E-state index in [0.717, 1.165) is 29.9 Å². The Morgan fingerprint density at radius 1 is 1.18 bits per heavy atom. The summed E-state index contributed by atoms with van der Waals surface area (Å²) in [4.78, 5) is 20.6. The minimum absolute atomic E-state index is 0.0419. The maximum atomic E-state index is 11.2. The molecular weight excluding hydrogens is 386 g/mol. The lowest BCUT2D eigenvalue weighted by Crippen LogP contribution is -1.99. The zero-order valence-corrected chi connectivity index (χ0v) is 15.6. The number of para-hydroxylation sites is 1. The van der Waals surface area contributed by atoms with Crippen molar-refractivity contribution in [2.75, 3.05) is 5.43 Å². The molecule has 10 heteroatoms. The number of non-ortho nitro benzene ring substituents is 1. The van der Waals surface area contributed by atoms with Crippen molar-refractivity contribution >= 4 is 45.8 Å². The molecule has 0 unspecified atom stereocenters. The van der Waals surface area contributed by atoms with Crippen LogP contribution in [0.15, 0.2) is 47.6 Å². The number of nitro groups is 2. The maximum absolute atomic E-state index is 11.2. The first-order valence-electron chi connectivity index (χ1n) is 8.42. The summed E-state index contributed by atoms with van der Waals surface area (Å²) in [7, 11) is 0. The zero-order chi connectivity index (χ0) is 20.3. The number of hydrogen-bond donors (Lipinski definition) is 1. The minimum atomic E-state index is -0.703. The van der Waals surface area contributed by atoms with Gasteiger partial charge in [-0.25, -0.2) is 0 Å². The van der Waals surface area contributed by atoms with Gasteiger partial charge in [0.25, 0.3) is 5.69 Å². The number of anilines is 1. The monoisotopic (exact) mass is 401 g/mol. The average Bonchev–Trinajstić information content (AvgIpc) is 2.94. The third-order valence-corrected chi connectivity index (χ3v) is 4.57. The molecule has 0 aliphatic carbocycles. The first-order valence-corrected chi connectivity index (χ1v) is 8.80. The SMILES string of the molecule is CCCn1c(Cl)c(/C=N\Nc2ccc([N+](=O)[O-])cc2[N+](=O)[O-])c2ccccc21. The molecule has 0 saturated heterocycles. The summed E-state index contributed by atoms with van der Waals surface area (Å²) in [5.74, 6) is 0. The molecule has 0 aliphatic heterocycles. The molecule has 0 radical (unpaired) electrons. The van der Waals surface area contributed by atoms with Gasteiger partial charge in [0.15, 0.2) is 0 Å². The fourth-order valence-electron chi connectivity index (χ4n) is 2.91. The number of halogens is 1. The molecule has 28 heavy (non-hydrogen) atoms. The highest BCUT2D eigenvalue weighted by molar-refractivity contribution is 6.34. The molecule has 0 aliphatic rings. The van der Waals surface area contributed by atoms with Crippen molar-refractivity contribution in [2.45, 2.75) is 19.9 Å². The summed E-state index contributed by atoms with van der Waals surface area (Å²) in [6.45, 7) is 2.79. The summed E-state index contributed by atoms with van der Waals surface area (Å²) in [5, 5.41) is 27.5. The van der Waals surface area contributed by atoms with Crippen LogP contribution in [0.2, 0.25) is 5.15 Å². The Balaban J connectivity index is 1.95. The van der Waals surface area contributed by atoms with E-state index >= 15 is 0 Å². The molecule has 9 nitrogen and oxygen atoms in total. The van der Waals surface area contributed by atoms with E-state index in [1.165, 1.54) is 18.3 Å². The van der Waals surface area contributed by atoms with Gasteiger partial charge in [-0.1, -0.05) is 36.7 Å².